The van der Waals surface area contributed by atoms with Crippen LogP contribution in [0.25, 0.3) is 0 Å². The Bertz CT molecular complexity index is 620. The number of nitrogens with zero attached hydrogens (tertiary/aromatic N) is 5. The van der Waals surface area contributed by atoms with Gasteiger partial charge in [-0.05, 0) is 24.2 Å². The summed E-state index contributed by atoms with van der Waals surface area (Å²) < 4.78 is 6.46. The molecule has 1 fully saturated rings. The molecule has 3 rings (SSSR count). The van der Waals surface area contributed by atoms with E-state index in [4.69, 9.17) is 10.3 Å². The molecular weight excluding hydrogens is 288 g/mol. The van der Waals surface area contributed by atoms with E-state index < -0.39 is 10.5 Å². The molecule has 1 aliphatic carbocycles. The first-order valence-electron chi connectivity index (χ1n) is 5.87. The molecule has 0 bridgehead atoms. The van der Waals surface area contributed by atoms with Crippen molar-refractivity contribution in [2.45, 2.75) is 31.3 Å². The predicted molar refractivity (Wildman–Crippen MR) is 69.2 cm³/mol. The molecule has 0 unspecified atom stereocenters. The van der Waals surface area contributed by atoms with Gasteiger partial charge in [0, 0.05) is 0 Å². The van der Waals surface area contributed by atoms with Crippen molar-refractivity contribution in [1.29, 1.82) is 0 Å². The third kappa shape index (κ3) is 2.49. The number of hydrogen-bond acceptors (Lipinski definition) is 7. The first kappa shape index (κ1) is 14.4. The summed E-state index contributed by atoms with van der Waals surface area (Å²) in [6, 6.07) is 1.31. The summed E-state index contributed by atoms with van der Waals surface area (Å²) in [5.41, 5.74) is 5.60. The van der Waals surface area contributed by atoms with Crippen molar-refractivity contribution in [2.24, 2.45) is 5.73 Å². The highest BCUT2D eigenvalue weighted by Crippen LogP contribution is 2.36. The maximum atomic E-state index is 10.5. The van der Waals surface area contributed by atoms with Crippen molar-refractivity contribution in [2.75, 3.05) is 0 Å². The van der Waals surface area contributed by atoms with E-state index in [-0.39, 0.29) is 24.8 Å². The minimum absolute atomic E-state index is 0. The van der Waals surface area contributed by atoms with Gasteiger partial charge < -0.3 is 20.4 Å². The van der Waals surface area contributed by atoms with E-state index in [0.717, 1.165) is 19.3 Å². The lowest BCUT2D eigenvalue weighted by atomic mass is 9.77. The highest BCUT2D eigenvalue weighted by Gasteiger charge is 2.39. The Morgan fingerprint density at radius 3 is 2.85 bits per heavy atom. The van der Waals surface area contributed by atoms with Gasteiger partial charge in [0.25, 0.3) is 5.89 Å². The largest absolute Gasteiger partial charge is 0.389 e. The number of hydrogen-bond donors (Lipinski definition) is 1. The molecule has 0 radical (unpaired) electrons. The Morgan fingerprint density at radius 2 is 2.30 bits per heavy atom. The highest BCUT2D eigenvalue weighted by atomic mass is 35.5. The average Bonchev–Trinajstić information content (AvgIpc) is 2.96. The molecule has 0 aliphatic heterocycles. The molecule has 2 aromatic rings. The summed E-state index contributed by atoms with van der Waals surface area (Å²) >= 11 is 0. The van der Waals surface area contributed by atoms with Gasteiger partial charge in [0.1, 0.15) is 6.54 Å². The third-order valence-electron chi connectivity index (χ3n) is 3.27. The average molecular weight is 301 g/mol. The molecule has 2 heterocycles. The quantitative estimate of drug-likeness (QED) is 0.658. The zero-order valence-electron chi connectivity index (χ0n) is 10.4. The Balaban J connectivity index is 0.00000147. The van der Waals surface area contributed by atoms with E-state index >= 15 is 0 Å². The van der Waals surface area contributed by atoms with E-state index in [1.807, 2.05) is 0 Å². The van der Waals surface area contributed by atoms with E-state index in [1.165, 1.54) is 16.9 Å². The number of nitrogens with two attached hydrogens (primary N) is 1. The fourth-order valence-corrected chi connectivity index (χ4v) is 1.98. The maximum Gasteiger partial charge on any atom is 0.389 e. The van der Waals surface area contributed by atoms with Crippen LogP contribution in [0.3, 0.4) is 0 Å². The molecule has 10 heteroatoms. The van der Waals surface area contributed by atoms with Crippen molar-refractivity contribution in [3.05, 3.63) is 34.1 Å². The summed E-state index contributed by atoms with van der Waals surface area (Å²) in [5, 5.41) is 18.1. The molecule has 9 nitrogen and oxygen atoms in total. The lowest BCUT2D eigenvalue weighted by Gasteiger charge is -2.34. The Kier molecular flexibility index (Phi) is 3.73. The lowest BCUT2D eigenvalue weighted by Crippen LogP contribution is -2.44. The molecule has 1 saturated carbocycles. The predicted octanol–water partition coefficient (Wildman–Crippen LogP) is 0.982. The zero-order chi connectivity index (χ0) is 13.5. The second kappa shape index (κ2) is 5.17. The van der Waals surface area contributed by atoms with Crippen LogP contribution < -0.4 is 5.73 Å². The standard InChI is InChI=1S/C10H12N6O3.ClH/c11-10(3-1-4-10)9-12-8(19-14-9)6-15-5-2-7(13-15)16(17)18;/h2,5H,1,3-4,6,11H2;1H. The molecule has 2 N–H and O–H groups in total. The second-order valence-electron chi connectivity index (χ2n) is 4.65. The first-order chi connectivity index (χ1) is 9.07. The highest BCUT2D eigenvalue weighted by molar-refractivity contribution is 5.85. The number of halogens is 1. The van der Waals surface area contributed by atoms with Gasteiger partial charge in [-0.1, -0.05) is 5.16 Å². The maximum absolute atomic E-state index is 10.5. The van der Waals surface area contributed by atoms with Crippen LogP contribution in [-0.4, -0.2) is 24.8 Å². The topological polar surface area (TPSA) is 126 Å². The summed E-state index contributed by atoms with van der Waals surface area (Å²) in [6.45, 7) is 0.191. The minimum Gasteiger partial charge on any atom is -0.358 e. The minimum atomic E-state index is -0.557. The molecule has 108 valence electrons. The molecule has 2 aromatic heterocycles. The van der Waals surface area contributed by atoms with E-state index in [1.54, 1.807) is 0 Å². The molecule has 0 spiro atoms. The van der Waals surface area contributed by atoms with Crippen molar-refractivity contribution < 1.29 is 9.45 Å². The Labute approximate surface area is 119 Å². The molecule has 0 saturated heterocycles. The number of aromatic nitrogens is 4. The zero-order valence-corrected chi connectivity index (χ0v) is 11.2. The monoisotopic (exact) mass is 300 g/mol. The van der Waals surface area contributed by atoms with E-state index in [2.05, 4.69) is 15.2 Å². The molecule has 20 heavy (non-hydrogen) atoms. The van der Waals surface area contributed by atoms with Crippen molar-refractivity contribution in [3.63, 3.8) is 0 Å². The van der Waals surface area contributed by atoms with Crippen LogP contribution >= 0.6 is 12.4 Å². The van der Waals surface area contributed by atoms with E-state index in [0.29, 0.717) is 11.7 Å². The van der Waals surface area contributed by atoms with Gasteiger partial charge in [-0.3, -0.25) is 0 Å². The lowest BCUT2D eigenvalue weighted by molar-refractivity contribution is -0.389. The van der Waals surface area contributed by atoms with Gasteiger partial charge in [-0.25, -0.2) is 0 Å². The van der Waals surface area contributed by atoms with E-state index in [9.17, 15) is 10.1 Å². The smallest absolute Gasteiger partial charge is 0.358 e. The van der Waals surface area contributed by atoms with Crippen LogP contribution in [0.2, 0.25) is 0 Å². The third-order valence-corrected chi connectivity index (χ3v) is 3.27. The first-order valence-corrected chi connectivity index (χ1v) is 5.87. The fraction of sp³-hybridized carbons (Fsp3) is 0.500. The van der Waals surface area contributed by atoms with Crippen LogP contribution in [-0.2, 0) is 12.1 Å². The summed E-state index contributed by atoms with van der Waals surface area (Å²) in [7, 11) is 0. The summed E-state index contributed by atoms with van der Waals surface area (Å²) in [6.07, 6.45) is 4.24. The Morgan fingerprint density at radius 1 is 1.55 bits per heavy atom. The normalized spacial score (nSPS) is 16.2. The van der Waals surface area contributed by atoms with Crippen molar-refractivity contribution in [1.82, 2.24) is 19.9 Å². The van der Waals surface area contributed by atoms with Crippen LogP contribution in [0.15, 0.2) is 16.8 Å². The fourth-order valence-electron chi connectivity index (χ4n) is 1.98. The van der Waals surface area contributed by atoms with Crippen LogP contribution in [0.5, 0.6) is 0 Å². The summed E-state index contributed by atoms with van der Waals surface area (Å²) in [5.74, 6) is 0.620. The molecule has 0 aromatic carbocycles. The molecular formula is C10H13ClN6O3. The van der Waals surface area contributed by atoms with Gasteiger partial charge in [-0.15, -0.1) is 12.4 Å². The van der Waals surface area contributed by atoms with Crippen molar-refractivity contribution >= 4 is 18.2 Å². The summed E-state index contributed by atoms with van der Waals surface area (Å²) in [4.78, 5) is 14.2. The van der Waals surface area contributed by atoms with Gasteiger partial charge >= 0.3 is 5.82 Å². The van der Waals surface area contributed by atoms with Crippen LogP contribution in [0, 0.1) is 10.1 Å². The molecule has 1 aliphatic rings. The van der Waals surface area contributed by atoms with Crippen LogP contribution in [0.4, 0.5) is 5.82 Å². The second-order valence-corrected chi connectivity index (χ2v) is 4.65. The van der Waals surface area contributed by atoms with Gasteiger partial charge in [0.15, 0.2) is 5.82 Å². The Hall–Kier alpha value is -2.00. The van der Waals surface area contributed by atoms with Gasteiger partial charge in [-0.2, -0.15) is 9.67 Å². The SMILES string of the molecule is Cl.NC1(c2noc(Cn3ccc([N+](=O)[O-])n3)n2)CCC1. The van der Waals surface area contributed by atoms with Gasteiger partial charge in [0.2, 0.25) is 0 Å². The molecule has 0 amide bonds. The van der Waals surface area contributed by atoms with Crippen LogP contribution in [0.1, 0.15) is 31.0 Å². The van der Waals surface area contributed by atoms with Gasteiger partial charge in [0.05, 0.1) is 22.9 Å². The van der Waals surface area contributed by atoms with Crippen molar-refractivity contribution in [3.8, 4) is 0 Å². The number of rotatable bonds is 4. The molecule has 0 atom stereocenters. The number of nitro groups is 1.